The second kappa shape index (κ2) is 9.00. The normalized spacial score (nSPS) is 12.8. The van der Waals surface area contributed by atoms with E-state index in [2.05, 4.69) is 0 Å². The van der Waals surface area contributed by atoms with Crippen molar-refractivity contribution in [3.8, 4) is 0 Å². The fourth-order valence-electron chi connectivity index (χ4n) is 3.20. The number of imide groups is 1. The van der Waals surface area contributed by atoms with Gasteiger partial charge in [-0.05, 0) is 55.7 Å². The lowest BCUT2D eigenvalue weighted by Crippen LogP contribution is -2.31. The molecule has 30 heavy (non-hydrogen) atoms. The molecule has 2 aromatic carbocycles. The highest BCUT2D eigenvalue weighted by Gasteiger charge is 2.35. The molecule has 0 saturated carbocycles. The van der Waals surface area contributed by atoms with Gasteiger partial charge in [0.2, 0.25) is 0 Å². The number of esters is 1. The summed E-state index contributed by atoms with van der Waals surface area (Å²) in [6.07, 6.45) is 0.525. The molecule has 1 heterocycles. The van der Waals surface area contributed by atoms with Crippen molar-refractivity contribution in [3.05, 3.63) is 69.8 Å². The van der Waals surface area contributed by atoms with E-state index in [0.717, 1.165) is 16.0 Å². The van der Waals surface area contributed by atoms with Crippen LogP contribution in [0.15, 0.2) is 36.4 Å². The number of nitrogens with zero attached hydrogens (tertiary/aromatic N) is 1. The number of carbonyl (C=O) groups excluding carboxylic acids is 4. The largest absolute Gasteiger partial charge is 0.454 e. The molecule has 7 heteroatoms. The van der Waals surface area contributed by atoms with Crippen molar-refractivity contribution >= 4 is 23.6 Å². The third kappa shape index (κ3) is 4.31. The maximum Gasteiger partial charge on any atom is 0.338 e. The van der Waals surface area contributed by atoms with E-state index in [1.165, 1.54) is 18.2 Å². The Morgan fingerprint density at radius 1 is 0.900 bits per heavy atom. The Bertz CT molecular complexity index is 1030. The first-order valence-electron chi connectivity index (χ1n) is 9.60. The zero-order valence-electron chi connectivity index (χ0n) is 17.2. The molecular weight excluding hydrogens is 386 g/mol. The number of Topliss-reactive ketones (excluding diaryl/α,β-unsaturated/α-hetero) is 1. The lowest BCUT2D eigenvalue weighted by Gasteiger charge is -2.12. The second-order valence-corrected chi connectivity index (χ2v) is 7.17. The zero-order chi connectivity index (χ0) is 21.8. The Morgan fingerprint density at radius 2 is 1.60 bits per heavy atom. The van der Waals surface area contributed by atoms with Gasteiger partial charge >= 0.3 is 5.97 Å². The van der Waals surface area contributed by atoms with Crippen LogP contribution in [-0.4, -0.2) is 55.3 Å². The van der Waals surface area contributed by atoms with Gasteiger partial charge in [-0.1, -0.05) is 12.1 Å². The third-order valence-corrected chi connectivity index (χ3v) is 5.10. The smallest absolute Gasteiger partial charge is 0.338 e. The molecule has 0 aliphatic carbocycles. The quantitative estimate of drug-likeness (QED) is 0.288. The summed E-state index contributed by atoms with van der Waals surface area (Å²) < 4.78 is 10.1. The van der Waals surface area contributed by atoms with Gasteiger partial charge in [-0.2, -0.15) is 0 Å². The first kappa shape index (κ1) is 21.4. The molecule has 3 rings (SSSR count). The lowest BCUT2D eigenvalue weighted by molar-refractivity contribution is 0.0474. The van der Waals surface area contributed by atoms with Gasteiger partial charge < -0.3 is 9.47 Å². The molecule has 0 aromatic heterocycles. The van der Waals surface area contributed by atoms with E-state index in [1.807, 2.05) is 19.9 Å². The molecule has 1 aliphatic rings. The van der Waals surface area contributed by atoms with Gasteiger partial charge in [-0.3, -0.25) is 19.3 Å². The zero-order valence-corrected chi connectivity index (χ0v) is 17.2. The second-order valence-electron chi connectivity index (χ2n) is 7.17. The fourth-order valence-corrected chi connectivity index (χ4v) is 3.20. The van der Waals surface area contributed by atoms with Crippen LogP contribution in [0.4, 0.5) is 0 Å². The van der Waals surface area contributed by atoms with Crippen molar-refractivity contribution in [2.45, 2.75) is 20.3 Å². The summed E-state index contributed by atoms with van der Waals surface area (Å²) >= 11 is 0. The highest BCUT2D eigenvalue weighted by atomic mass is 16.5. The van der Waals surface area contributed by atoms with Crippen molar-refractivity contribution in [3.63, 3.8) is 0 Å². The van der Waals surface area contributed by atoms with Crippen molar-refractivity contribution in [2.24, 2.45) is 0 Å². The van der Waals surface area contributed by atoms with E-state index in [0.29, 0.717) is 18.6 Å². The van der Waals surface area contributed by atoms with Gasteiger partial charge in [0.05, 0.1) is 16.7 Å². The van der Waals surface area contributed by atoms with Crippen LogP contribution >= 0.6 is 0 Å². The van der Waals surface area contributed by atoms with Gasteiger partial charge in [-0.15, -0.1) is 0 Å². The molecule has 0 fully saturated rings. The number of methoxy groups -OCH3 is 1. The maximum absolute atomic E-state index is 12.5. The number of amides is 2. The number of rotatable bonds is 8. The Balaban J connectivity index is 1.67. The molecule has 2 aromatic rings. The van der Waals surface area contributed by atoms with Crippen LogP contribution in [0.3, 0.4) is 0 Å². The number of carbonyl (C=O) groups is 4. The maximum atomic E-state index is 12.5. The summed E-state index contributed by atoms with van der Waals surface area (Å²) in [7, 11) is 1.55. The molecule has 0 N–H and O–H groups in total. The van der Waals surface area contributed by atoms with E-state index in [-0.39, 0.29) is 29.0 Å². The van der Waals surface area contributed by atoms with E-state index < -0.39 is 24.4 Å². The van der Waals surface area contributed by atoms with Crippen LogP contribution in [0.2, 0.25) is 0 Å². The minimum Gasteiger partial charge on any atom is -0.454 e. The Morgan fingerprint density at radius 3 is 2.30 bits per heavy atom. The van der Waals surface area contributed by atoms with Crippen molar-refractivity contribution in [1.82, 2.24) is 4.90 Å². The van der Waals surface area contributed by atoms with E-state index >= 15 is 0 Å². The first-order chi connectivity index (χ1) is 14.3. The Kier molecular flexibility index (Phi) is 6.42. The van der Waals surface area contributed by atoms with Crippen LogP contribution in [0.5, 0.6) is 0 Å². The number of ether oxygens (including phenoxy) is 2. The van der Waals surface area contributed by atoms with Gasteiger partial charge in [0.25, 0.3) is 11.8 Å². The van der Waals surface area contributed by atoms with E-state index in [9.17, 15) is 19.2 Å². The SMILES string of the molecule is COCCCN1C(=O)c2ccc(C(=O)OCC(=O)c3ccc(C)c(C)c3)cc2C1=O. The van der Waals surface area contributed by atoms with E-state index in [1.54, 1.807) is 19.2 Å². The summed E-state index contributed by atoms with van der Waals surface area (Å²) in [4.78, 5) is 50.8. The van der Waals surface area contributed by atoms with Crippen LogP contribution in [0.1, 0.15) is 59.0 Å². The van der Waals surface area contributed by atoms with Crippen LogP contribution in [-0.2, 0) is 9.47 Å². The number of hydrogen-bond acceptors (Lipinski definition) is 6. The molecule has 0 unspecified atom stereocenters. The Labute approximate surface area is 174 Å². The Hall–Kier alpha value is -3.32. The highest BCUT2D eigenvalue weighted by Crippen LogP contribution is 2.24. The minimum atomic E-state index is -0.729. The predicted octanol–water partition coefficient (Wildman–Crippen LogP) is 2.98. The highest BCUT2D eigenvalue weighted by molar-refractivity contribution is 6.22. The number of benzene rings is 2. The number of hydrogen-bond donors (Lipinski definition) is 0. The first-order valence-corrected chi connectivity index (χ1v) is 9.60. The van der Waals surface area contributed by atoms with Crippen LogP contribution in [0.25, 0.3) is 0 Å². The summed E-state index contributed by atoms with van der Waals surface area (Å²) in [5, 5.41) is 0. The molecule has 156 valence electrons. The van der Waals surface area contributed by atoms with Crippen LogP contribution < -0.4 is 0 Å². The molecule has 0 saturated heterocycles. The van der Waals surface area contributed by atoms with E-state index in [4.69, 9.17) is 9.47 Å². The molecule has 1 aliphatic heterocycles. The van der Waals surface area contributed by atoms with Crippen molar-refractivity contribution < 1.29 is 28.7 Å². The van der Waals surface area contributed by atoms with Crippen molar-refractivity contribution in [1.29, 1.82) is 0 Å². The molecule has 0 atom stereocenters. The van der Waals surface area contributed by atoms with Gasteiger partial charge in [0.1, 0.15) is 0 Å². The average Bonchev–Trinajstić information content (AvgIpc) is 2.98. The minimum absolute atomic E-state index is 0.113. The summed E-state index contributed by atoms with van der Waals surface area (Å²) in [6.45, 7) is 4.11. The number of fused-ring (bicyclic) bond motifs is 1. The van der Waals surface area contributed by atoms with Gasteiger partial charge in [0, 0.05) is 25.8 Å². The monoisotopic (exact) mass is 409 g/mol. The summed E-state index contributed by atoms with van der Waals surface area (Å²) in [5.74, 6) is -1.89. The molecular formula is C23H23NO6. The predicted molar refractivity (Wildman–Crippen MR) is 109 cm³/mol. The standard InChI is InChI=1S/C23H23NO6/c1-14-5-6-16(11-15(14)2)20(25)13-30-23(28)17-7-8-18-19(12-17)22(27)24(21(18)26)9-4-10-29-3/h5-8,11-12H,4,9-10,13H2,1-3H3. The van der Waals surface area contributed by atoms with Crippen LogP contribution in [0, 0.1) is 13.8 Å². The lowest BCUT2D eigenvalue weighted by atomic mass is 10.0. The topological polar surface area (TPSA) is 90.0 Å². The molecule has 2 amide bonds. The van der Waals surface area contributed by atoms with Crippen molar-refractivity contribution in [2.75, 3.05) is 26.9 Å². The molecule has 0 spiro atoms. The number of aryl methyl sites for hydroxylation is 2. The fraction of sp³-hybridized carbons (Fsp3) is 0.304. The molecule has 0 bridgehead atoms. The third-order valence-electron chi connectivity index (χ3n) is 5.10. The number of ketones is 1. The van der Waals surface area contributed by atoms with Gasteiger partial charge in [0.15, 0.2) is 12.4 Å². The molecule has 7 nitrogen and oxygen atoms in total. The summed E-state index contributed by atoms with van der Waals surface area (Å²) in [5.41, 5.74) is 3.03. The average molecular weight is 409 g/mol. The summed E-state index contributed by atoms with van der Waals surface area (Å²) in [6, 6.07) is 9.49. The molecule has 0 radical (unpaired) electrons. The van der Waals surface area contributed by atoms with Gasteiger partial charge in [-0.25, -0.2) is 4.79 Å².